The molecule has 2 aliphatic rings. The Balaban J connectivity index is 1.64. The number of benzene rings is 1. The van der Waals surface area contributed by atoms with Crippen LogP contribution in [-0.2, 0) is 9.53 Å². The number of anilines is 1. The van der Waals surface area contributed by atoms with Crippen LogP contribution in [0.1, 0.15) is 56.3 Å². The first-order chi connectivity index (χ1) is 12.9. The van der Waals surface area contributed by atoms with Gasteiger partial charge < -0.3 is 15.0 Å². The van der Waals surface area contributed by atoms with E-state index in [9.17, 15) is 19.7 Å². The van der Waals surface area contributed by atoms with Gasteiger partial charge in [0.1, 0.15) is 5.69 Å². The Morgan fingerprint density at radius 3 is 2.48 bits per heavy atom. The molecule has 2 fully saturated rings. The number of nitrogens with one attached hydrogen (secondary N) is 1. The topological polar surface area (TPSA) is 102 Å². The fourth-order valence-electron chi connectivity index (χ4n) is 3.58. The van der Waals surface area contributed by atoms with Crippen molar-refractivity contribution in [2.75, 3.05) is 11.9 Å². The van der Waals surface area contributed by atoms with Crippen molar-refractivity contribution in [1.29, 1.82) is 0 Å². The van der Waals surface area contributed by atoms with E-state index in [1.54, 1.807) is 4.90 Å². The zero-order chi connectivity index (χ0) is 19.6. The lowest BCUT2D eigenvalue weighted by atomic mass is 9.97. The number of amides is 1. The van der Waals surface area contributed by atoms with Gasteiger partial charge in [-0.2, -0.15) is 0 Å². The highest BCUT2D eigenvalue weighted by Crippen LogP contribution is 2.31. The zero-order valence-electron chi connectivity index (χ0n) is 15.6. The van der Waals surface area contributed by atoms with Crippen LogP contribution < -0.4 is 5.32 Å². The third-order valence-corrected chi connectivity index (χ3v) is 5.18. The summed E-state index contributed by atoms with van der Waals surface area (Å²) in [5.74, 6) is -0.966. The second-order valence-electron chi connectivity index (χ2n) is 7.41. The molecule has 27 heavy (non-hydrogen) atoms. The number of hydrogen-bond acceptors (Lipinski definition) is 6. The van der Waals surface area contributed by atoms with Gasteiger partial charge in [-0.1, -0.05) is 0 Å². The van der Waals surface area contributed by atoms with Gasteiger partial charge in [0, 0.05) is 24.2 Å². The number of rotatable bonds is 6. The van der Waals surface area contributed by atoms with E-state index >= 15 is 0 Å². The quantitative estimate of drug-likeness (QED) is 0.466. The van der Waals surface area contributed by atoms with E-state index in [1.165, 1.54) is 18.2 Å². The number of nitro groups is 1. The molecule has 1 saturated carbocycles. The number of hydrogen-bond donors (Lipinski definition) is 1. The number of carbonyl (C=O) groups excluding carboxylic acids is 2. The van der Waals surface area contributed by atoms with Crippen LogP contribution >= 0.6 is 0 Å². The number of likely N-dealkylation sites (tertiary alicyclic amines) is 1. The van der Waals surface area contributed by atoms with Gasteiger partial charge >= 0.3 is 5.97 Å². The molecular formula is C19H25N3O5. The van der Waals surface area contributed by atoms with Gasteiger partial charge in [0.2, 0.25) is 0 Å². The molecule has 1 amide bonds. The molecule has 0 radical (unpaired) electrons. The lowest BCUT2D eigenvalue weighted by molar-refractivity contribution is -0.384. The van der Waals surface area contributed by atoms with Crippen LogP contribution in [0.25, 0.3) is 0 Å². The summed E-state index contributed by atoms with van der Waals surface area (Å²) in [5, 5.41) is 14.4. The monoisotopic (exact) mass is 375 g/mol. The van der Waals surface area contributed by atoms with Crippen molar-refractivity contribution in [3.63, 3.8) is 0 Å². The third-order valence-electron chi connectivity index (χ3n) is 5.18. The number of piperidine rings is 1. The summed E-state index contributed by atoms with van der Waals surface area (Å²) in [6.07, 6.45) is 4.92. The molecule has 1 aliphatic heterocycles. The molecule has 1 N–H and O–H groups in total. The standard InChI is InChI=1S/C19H25N3O5/c1-12-4-3-5-13(2)21(12)18(23)11-27-19(24)14-6-9-16(20-15-7-8-15)17(10-14)22(25)26/h6,9-10,12-13,15,20H,3-5,7-8,11H2,1-2H3/t12-,13-/m0/s1. The number of esters is 1. The Morgan fingerprint density at radius 2 is 1.89 bits per heavy atom. The van der Waals surface area contributed by atoms with Crippen LogP contribution in [0, 0.1) is 10.1 Å². The van der Waals surface area contributed by atoms with E-state index in [2.05, 4.69) is 5.32 Å². The van der Waals surface area contributed by atoms with Crippen molar-refractivity contribution < 1.29 is 19.2 Å². The molecule has 0 spiro atoms. The van der Waals surface area contributed by atoms with Crippen molar-refractivity contribution in [2.24, 2.45) is 0 Å². The summed E-state index contributed by atoms with van der Waals surface area (Å²) in [7, 11) is 0. The number of carbonyl (C=O) groups is 2. The first kappa shape index (κ1) is 19.1. The minimum atomic E-state index is -0.735. The Kier molecular flexibility index (Phi) is 5.62. The average Bonchev–Trinajstić information content (AvgIpc) is 3.43. The highest BCUT2D eigenvalue weighted by molar-refractivity contribution is 5.93. The van der Waals surface area contributed by atoms with Gasteiger partial charge in [0.15, 0.2) is 6.61 Å². The first-order valence-electron chi connectivity index (χ1n) is 9.40. The molecule has 1 saturated heterocycles. The third kappa shape index (κ3) is 4.56. The van der Waals surface area contributed by atoms with E-state index in [-0.39, 0.29) is 41.9 Å². The Labute approximate surface area is 158 Å². The predicted octanol–water partition coefficient (Wildman–Crippen LogP) is 3.12. The van der Waals surface area contributed by atoms with Crippen LogP contribution in [0.15, 0.2) is 18.2 Å². The van der Waals surface area contributed by atoms with Crippen molar-refractivity contribution in [1.82, 2.24) is 4.90 Å². The molecule has 0 aromatic heterocycles. The van der Waals surface area contributed by atoms with E-state index in [0.29, 0.717) is 5.69 Å². The molecule has 2 atom stereocenters. The molecule has 1 heterocycles. The normalized spacial score (nSPS) is 22.2. The highest BCUT2D eigenvalue weighted by atomic mass is 16.6. The highest BCUT2D eigenvalue weighted by Gasteiger charge is 2.30. The molecule has 8 heteroatoms. The smallest absolute Gasteiger partial charge is 0.338 e. The van der Waals surface area contributed by atoms with Crippen molar-refractivity contribution in [3.05, 3.63) is 33.9 Å². The first-order valence-corrected chi connectivity index (χ1v) is 9.40. The summed E-state index contributed by atoms with van der Waals surface area (Å²) in [4.78, 5) is 37.3. The summed E-state index contributed by atoms with van der Waals surface area (Å²) in [6.45, 7) is 3.62. The Morgan fingerprint density at radius 1 is 1.22 bits per heavy atom. The summed E-state index contributed by atoms with van der Waals surface area (Å²) in [6, 6.07) is 4.69. The largest absolute Gasteiger partial charge is 0.452 e. The maximum atomic E-state index is 12.4. The van der Waals surface area contributed by atoms with Crippen molar-refractivity contribution >= 4 is 23.3 Å². The second kappa shape index (κ2) is 7.94. The molecule has 1 aliphatic carbocycles. The lowest BCUT2D eigenvalue weighted by Gasteiger charge is -2.38. The maximum Gasteiger partial charge on any atom is 0.338 e. The minimum absolute atomic E-state index is 0.0654. The van der Waals surface area contributed by atoms with Gasteiger partial charge in [-0.15, -0.1) is 0 Å². The van der Waals surface area contributed by atoms with Crippen LogP contribution in [0.4, 0.5) is 11.4 Å². The molecule has 1 aromatic carbocycles. The fourth-order valence-corrected chi connectivity index (χ4v) is 3.58. The van der Waals surface area contributed by atoms with E-state index in [4.69, 9.17) is 4.74 Å². The van der Waals surface area contributed by atoms with Crippen LogP contribution in [0.3, 0.4) is 0 Å². The maximum absolute atomic E-state index is 12.4. The minimum Gasteiger partial charge on any atom is -0.452 e. The molecule has 3 rings (SSSR count). The Hall–Kier alpha value is -2.64. The molecule has 1 aromatic rings. The number of ether oxygens (including phenoxy) is 1. The molecule has 8 nitrogen and oxygen atoms in total. The Bertz CT molecular complexity index is 737. The van der Waals surface area contributed by atoms with Crippen LogP contribution in [-0.4, -0.2) is 46.4 Å². The van der Waals surface area contributed by atoms with E-state index in [0.717, 1.165) is 32.1 Å². The summed E-state index contributed by atoms with van der Waals surface area (Å²) in [5.41, 5.74) is 0.294. The predicted molar refractivity (Wildman–Crippen MR) is 99.6 cm³/mol. The van der Waals surface area contributed by atoms with E-state index < -0.39 is 10.9 Å². The zero-order valence-corrected chi connectivity index (χ0v) is 15.6. The lowest BCUT2D eigenvalue weighted by Crippen LogP contribution is -2.49. The van der Waals surface area contributed by atoms with Gasteiger partial charge in [0.05, 0.1) is 10.5 Å². The molecule has 0 bridgehead atoms. The molecule has 0 unspecified atom stereocenters. The summed E-state index contributed by atoms with van der Waals surface area (Å²) < 4.78 is 5.13. The van der Waals surface area contributed by atoms with Gasteiger partial charge in [-0.05, 0) is 58.1 Å². The SMILES string of the molecule is C[C@H]1CCC[C@H](C)N1C(=O)COC(=O)c1ccc(NC2CC2)c([N+](=O)[O-])c1. The average molecular weight is 375 g/mol. The second-order valence-corrected chi connectivity index (χ2v) is 7.41. The van der Waals surface area contributed by atoms with Gasteiger partial charge in [0.25, 0.3) is 11.6 Å². The fraction of sp³-hybridized carbons (Fsp3) is 0.579. The molecular weight excluding hydrogens is 350 g/mol. The molecule has 146 valence electrons. The number of nitro benzene ring substituents is 1. The van der Waals surface area contributed by atoms with E-state index in [1.807, 2.05) is 13.8 Å². The summed E-state index contributed by atoms with van der Waals surface area (Å²) >= 11 is 0. The number of nitrogens with zero attached hydrogens (tertiary/aromatic N) is 2. The van der Waals surface area contributed by atoms with Gasteiger partial charge in [-0.25, -0.2) is 4.79 Å². The van der Waals surface area contributed by atoms with Crippen molar-refractivity contribution in [3.8, 4) is 0 Å². The van der Waals surface area contributed by atoms with Crippen LogP contribution in [0.5, 0.6) is 0 Å². The van der Waals surface area contributed by atoms with Crippen molar-refractivity contribution in [2.45, 2.75) is 64.1 Å². The van der Waals surface area contributed by atoms with Gasteiger partial charge in [-0.3, -0.25) is 14.9 Å². The van der Waals surface area contributed by atoms with Crippen LogP contribution in [0.2, 0.25) is 0 Å².